The summed E-state index contributed by atoms with van der Waals surface area (Å²) in [6, 6.07) is 15.4. The highest BCUT2D eigenvalue weighted by Gasteiger charge is 2.08. The first kappa shape index (κ1) is 19.0. The number of hydrogen-bond donors (Lipinski definition) is 2. The van der Waals surface area contributed by atoms with E-state index < -0.39 is 10.0 Å². The predicted molar refractivity (Wildman–Crippen MR) is 102 cm³/mol. The molecule has 1 unspecified atom stereocenters. The van der Waals surface area contributed by atoms with Crippen molar-refractivity contribution in [2.24, 2.45) is 0 Å². The molecule has 0 saturated heterocycles. The van der Waals surface area contributed by atoms with E-state index in [0.29, 0.717) is 18.8 Å². The summed E-state index contributed by atoms with van der Waals surface area (Å²) in [5.74, 6) is 0.816. The van der Waals surface area contributed by atoms with Crippen LogP contribution in [0.4, 0.5) is 5.69 Å². The summed E-state index contributed by atoms with van der Waals surface area (Å²) in [6.07, 6.45) is 2.85. The molecule has 0 aliphatic heterocycles. The zero-order valence-corrected chi connectivity index (χ0v) is 15.3. The lowest BCUT2D eigenvalue weighted by atomic mass is 10.1. The third kappa shape index (κ3) is 6.60. The van der Waals surface area contributed by atoms with E-state index in [0.717, 1.165) is 23.1 Å². The van der Waals surface area contributed by atoms with Crippen LogP contribution in [0.1, 0.15) is 24.1 Å². The molecule has 0 aromatic heterocycles. The highest BCUT2D eigenvalue weighted by atomic mass is 32.2. The van der Waals surface area contributed by atoms with Gasteiger partial charge in [-0.3, -0.25) is 4.72 Å². The summed E-state index contributed by atoms with van der Waals surface area (Å²) >= 11 is 0. The monoisotopic (exact) mass is 360 g/mol. The lowest BCUT2D eigenvalue weighted by Crippen LogP contribution is -2.18. The molecule has 6 heteroatoms. The van der Waals surface area contributed by atoms with E-state index in [9.17, 15) is 8.42 Å². The fourth-order valence-corrected chi connectivity index (χ4v) is 2.89. The van der Waals surface area contributed by atoms with Gasteiger partial charge in [-0.25, -0.2) is 8.42 Å². The number of rotatable bonds is 9. The number of hydrogen-bond acceptors (Lipinski definition) is 4. The molecule has 0 saturated carbocycles. The van der Waals surface area contributed by atoms with Crippen molar-refractivity contribution >= 4 is 15.7 Å². The summed E-state index contributed by atoms with van der Waals surface area (Å²) in [4.78, 5) is 0. The van der Waals surface area contributed by atoms with Crippen molar-refractivity contribution in [3.05, 3.63) is 72.3 Å². The molecule has 1 atom stereocenters. The van der Waals surface area contributed by atoms with Crippen LogP contribution in [0.2, 0.25) is 0 Å². The fraction of sp³-hybridized carbons (Fsp3) is 0.263. The standard InChI is InChI=1S/C19H24N2O3S/c1-4-12-24-19-10-8-16(9-11-19)14-20-15(2)17-6-5-7-18(13-17)21-25(3,22)23/h4-11,13,15,20-21H,1,12,14H2,2-3H3. The highest BCUT2D eigenvalue weighted by Crippen LogP contribution is 2.19. The maximum Gasteiger partial charge on any atom is 0.229 e. The van der Waals surface area contributed by atoms with Crippen molar-refractivity contribution < 1.29 is 13.2 Å². The SMILES string of the molecule is C=CCOc1ccc(CNC(C)c2cccc(NS(C)(=O)=O)c2)cc1. The first-order valence-corrected chi connectivity index (χ1v) is 9.90. The fourth-order valence-electron chi connectivity index (χ4n) is 2.33. The Bertz CT molecular complexity index is 802. The van der Waals surface area contributed by atoms with Gasteiger partial charge in [-0.05, 0) is 42.3 Å². The van der Waals surface area contributed by atoms with E-state index in [2.05, 4.69) is 16.6 Å². The third-order valence-electron chi connectivity index (χ3n) is 3.59. The molecule has 0 aliphatic rings. The van der Waals surface area contributed by atoms with Crippen LogP contribution in [0, 0.1) is 0 Å². The zero-order valence-electron chi connectivity index (χ0n) is 14.5. The van der Waals surface area contributed by atoms with Crippen molar-refractivity contribution in [1.82, 2.24) is 5.32 Å². The second-order valence-electron chi connectivity index (χ2n) is 5.85. The van der Waals surface area contributed by atoms with E-state index in [-0.39, 0.29) is 6.04 Å². The van der Waals surface area contributed by atoms with E-state index in [1.165, 1.54) is 0 Å². The molecule has 2 rings (SSSR count). The van der Waals surface area contributed by atoms with Crippen molar-refractivity contribution in [2.45, 2.75) is 19.5 Å². The molecular formula is C19H24N2O3S. The van der Waals surface area contributed by atoms with Gasteiger partial charge in [0.2, 0.25) is 10.0 Å². The minimum atomic E-state index is -3.27. The summed E-state index contributed by atoms with van der Waals surface area (Å²) < 4.78 is 30.6. The Labute approximate surface area is 149 Å². The van der Waals surface area contributed by atoms with E-state index in [1.807, 2.05) is 49.4 Å². The molecule has 134 valence electrons. The number of anilines is 1. The molecule has 0 bridgehead atoms. The van der Waals surface area contributed by atoms with Crippen LogP contribution in [0.3, 0.4) is 0 Å². The molecule has 5 nitrogen and oxygen atoms in total. The van der Waals surface area contributed by atoms with Crippen molar-refractivity contribution in [3.63, 3.8) is 0 Å². The van der Waals surface area contributed by atoms with Gasteiger partial charge in [-0.15, -0.1) is 0 Å². The Balaban J connectivity index is 1.94. The quantitative estimate of drug-likeness (QED) is 0.672. The smallest absolute Gasteiger partial charge is 0.229 e. The molecule has 0 radical (unpaired) electrons. The Morgan fingerprint density at radius 2 is 1.92 bits per heavy atom. The Morgan fingerprint density at radius 3 is 2.56 bits per heavy atom. The van der Waals surface area contributed by atoms with E-state index in [4.69, 9.17) is 4.74 Å². The van der Waals surface area contributed by atoms with Crippen molar-refractivity contribution in [1.29, 1.82) is 0 Å². The van der Waals surface area contributed by atoms with Crippen LogP contribution in [-0.2, 0) is 16.6 Å². The molecule has 2 aromatic rings. The van der Waals surface area contributed by atoms with Crippen LogP contribution in [-0.4, -0.2) is 21.3 Å². The van der Waals surface area contributed by atoms with E-state index >= 15 is 0 Å². The maximum absolute atomic E-state index is 11.3. The van der Waals surface area contributed by atoms with Crippen LogP contribution >= 0.6 is 0 Å². The van der Waals surface area contributed by atoms with Gasteiger partial charge >= 0.3 is 0 Å². The van der Waals surface area contributed by atoms with Crippen LogP contribution in [0.5, 0.6) is 5.75 Å². The van der Waals surface area contributed by atoms with Gasteiger partial charge in [-0.1, -0.05) is 36.9 Å². The molecule has 0 amide bonds. The minimum Gasteiger partial charge on any atom is -0.490 e. The van der Waals surface area contributed by atoms with Crippen LogP contribution in [0.15, 0.2) is 61.2 Å². The summed E-state index contributed by atoms with van der Waals surface area (Å²) in [5.41, 5.74) is 2.72. The lowest BCUT2D eigenvalue weighted by molar-refractivity contribution is 0.363. The van der Waals surface area contributed by atoms with Gasteiger partial charge < -0.3 is 10.1 Å². The first-order chi connectivity index (χ1) is 11.9. The Kier molecular flexibility index (Phi) is 6.61. The van der Waals surface area contributed by atoms with Crippen molar-refractivity contribution in [2.75, 3.05) is 17.6 Å². The summed E-state index contributed by atoms with van der Waals surface area (Å²) in [5, 5.41) is 3.43. The number of ether oxygens (including phenoxy) is 1. The summed E-state index contributed by atoms with van der Waals surface area (Å²) in [6.45, 7) is 6.86. The molecular weight excluding hydrogens is 336 g/mol. The Morgan fingerprint density at radius 1 is 1.20 bits per heavy atom. The van der Waals surface area contributed by atoms with Gasteiger partial charge in [0.1, 0.15) is 12.4 Å². The van der Waals surface area contributed by atoms with Gasteiger partial charge in [0.25, 0.3) is 0 Å². The normalized spacial score (nSPS) is 12.4. The van der Waals surface area contributed by atoms with Crippen LogP contribution in [0.25, 0.3) is 0 Å². The molecule has 0 aliphatic carbocycles. The maximum atomic E-state index is 11.3. The molecule has 0 spiro atoms. The highest BCUT2D eigenvalue weighted by molar-refractivity contribution is 7.92. The predicted octanol–water partition coefficient (Wildman–Crippen LogP) is 3.47. The zero-order chi connectivity index (χ0) is 18.3. The number of sulfonamides is 1. The van der Waals surface area contributed by atoms with Gasteiger partial charge in [0.15, 0.2) is 0 Å². The second kappa shape index (κ2) is 8.69. The molecule has 2 N–H and O–H groups in total. The van der Waals surface area contributed by atoms with Gasteiger partial charge in [0.05, 0.1) is 6.26 Å². The topological polar surface area (TPSA) is 67.4 Å². The van der Waals surface area contributed by atoms with Gasteiger partial charge in [0, 0.05) is 18.3 Å². The Hall–Kier alpha value is -2.31. The van der Waals surface area contributed by atoms with Crippen LogP contribution < -0.4 is 14.8 Å². The molecule has 0 fully saturated rings. The third-order valence-corrected chi connectivity index (χ3v) is 4.20. The minimum absolute atomic E-state index is 0.0815. The first-order valence-electron chi connectivity index (χ1n) is 8.01. The molecule has 25 heavy (non-hydrogen) atoms. The molecule has 0 heterocycles. The average molecular weight is 360 g/mol. The lowest BCUT2D eigenvalue weighted by Gasteiger charge is -2.16. The largest absolute Gasteiger partial charge is 0.490 e. The average Bonchev–Trinajstić information content (AvgIpc) is 2.57. The van der Waals surface area contributed by atoms with Crippen molar-refractivity contribution in [3.8, 4) is 5.75 Å². The molecule has 2 aromatic carbocycles. The van der Waals surface area contributed by atoms with Gasteiger partial charge in [-0.2, -0.15) is 0 Å². The second-order valence-corrected chi connectivity index (χ2v) is 7.59. The number of nitrogens with one attached hydrogen (secondary N) is 2. The summed E-state index contributed by atoms with van der Waals surface area (Å²) in [7, 11) is -3.27. The number of benzene rings is 2. The van der Waals surface area contributed by atoms with E-state index in [1.54, 1.807) is 12.1 Å².